The van der Waals surface area contributed by atoms with E-state index >= 15 is 0 Å². The third kappa shape index (κ3) is 6.68. The standard InChI is InChI=1S/C25H32F2N4O6S/c1-24(2,3)37-21(32)15-38(34,35)30-9-7-29(8-10-30)20-14-28-31(19-12-17(26)11-18(27)13-19)23(33)22(20)36-16-25(4)5-6-25/h11-14H,5-10,15-16H2,1-4H3. The lowest BCUT2D eigenvalue weighted by atomic mass is 10.2. The highest BCUT2D eigenvalue weighted by atomic mass is 32.2. The van der Waals surface area contributed by atoms with Crippen molar-refractivity contribution in [2.75, 3.05) is 43.4 Å². The lowest BCUT2D eigenvalue weighted by Gasteiger charge is -2.35. The molecule has 208 valence electrons. The van der Waals surface area contributed by atoms with Gasteiger partial charge in [0.15, 0.2) is 5.75 Å². The topological polar surface area (TPSA) is 111 Å². The highest BCUT2D eigenvalue weighted by Gasteiger charge is 2.39. The van der Waals surface area contributed by atoms with Crippen molar-refractivity contribution >= 4 is 21.7 Å². The van der Waals surface area contributed by atoms with Gasteiger partial charge in [0, 0.05) is 37.7 Å². The summed E-state index contributed by atoms with van der Waals surface area (Å²) in [6.07, 6.45) is 3.27. The SMILES string of the molecule is CC1(COc2c(N3CCN(S(=O)(=O)CC(=O)OC(C)(C)C)CC3)cnn(-c3cc(F)cc(F)c3)c2=O)CC1. The third-order valence-electron chi connectivity index (χ3n) is 6.37. The van der Waals surface area contributed by atoms with Gasteiger partial charge in [-0.25, -0.2) is 17.2 Å². The zero-order chi connectivity index (χ0) is 27.9. The molecule has 2 aliphatic rings. The summed E-state index contributed by atoms with van der Waals surface area (Å²) in [7, 11) is -3.90. The lowest BCUT2D eigenvalue weighted by Crippen LogP contribution is -2.50. The van der Waals surface area contributed by atoms with Gasteiger partial charge in [0.2, 0.25) is 15.8 Å². The summed E-state index contributed by atoms with van der Waals surface area (Å²) in [5.74, 6) is -3.32. The second-order valence-corrected chi connectivity index (χ2v) is 13.0. The largest absolute Gasteiger partial charge is 0.486 e. The molecule has 0 unspecified atom stereocenters. The molecule has 1 aromatic carbocycles. The van der Waals surface area contributed by atoms with Crippen LogP contribution in [0.1, 0.15) is 40.5 Å². The Morgan fingerprint density at radius 2 is 1.68 bits per heavy atom. The normalized spacial score (nSPS) is 17.8. The van der Waals surface area contributed by atoms with Gasteiger partial charge in [-0.05, 0) is 45.7 Å². The number of carbonyl (C=O) groups is 1. The number of benzene rings is 1. The van der Waals surface area contributed by atoms with Crippen LogP contribution in [0.5, 0.6) is 5.75 Å². The maximum Gasteiger partial charge on any atom is 0.323 e. The summed E-state index contributed by atoms with van der Waals surface area (Å²) in [5, 5.41) is 4.12. The Hall–Kier alpha value is -3.06. The van der Waals surface area contributed by atoms with Crippen LogP contribution in [0.4, 0.5) is 14.5 Å². The quantitative estimate of drug-likeness (QED) is 0.458. The highest BCUT2D eigenvalue weighted by molar-refractivity contribution is 7.89. The van der Waals surface area contributed by atoms with Gasteiger partial charge in [-0.15, -0.1) is 0 Å². The van der Waals surface area contributed by atoms with Crippen LogP contribution in [0.3, 0.4) is 0 Å². The average molecular weight is 555 g/mol. The molecule has 0 spiro atoms. The average Bonchev–Trinajstić information content (AvgIpc) is 3.53. The summed E-state index contributed by atoms with van der Waals surface area (Å²) in [5.41, 5.74) is -1.27. The molecule has 1 saturated heterocycles. The second-order valence-electron chi connectivity index (χ2n) is 11.0. The van der Waals surface area contributed by atoms with E-state index in [1.54, 1.807) is 25.7 Å². The number of rotatable bonds is 8. The molecule has 0 amide bonds. The molecule has 38 heavy (non-hydrogen) atoms. The number of nitrogens with zero attached hydrogens (tertiary/aromatic N) is 4. The Morgan fingerprint density at radius 3 is 2.24 bits per heavy atom. The van der Waals surface area contributed by atoms with Crippen molar-refractivity contribution in [3.8, 4) is 11.4 Å². The van der Waals surface area contributed by atoms with Crippen LogP contribution < -0.4 is 15.2 Å². The van der Waals surface area contributed by atoms with Gasteiger partial charge in [-0.1, -0.05) is 6.92 Å². The monoisotopic (exact) mass is 554 g/mol. The second kappa shape index (κ2) is 10.3. The fourth-order valence-electron chi connectivity index (χ4n) is 4.06. The molecule has 13 heteroatoms. The predicted octanol–water partition coefficient (Wildman–Crippen LogP) is 2.48. The summed E-state index contributed by atoms with van der Waals surface area (Å²) >= 11 is 0. The Bertz CT molecular complexity index is 1360. The number of carbonyl (C=O) groups excluding carboxylic acids is 1. The summed E-state index contributed by atoms with van der Waals surface area (Å²) < 4.78 is 66.4. The summed E-state index contributed by atoms with van der Waals surface area (Å²) in [4.78, 5) is 27.3. The van der Waals surface area contributed by atoms with Crippen molar-refractivity contribution in [1.82, 2.24) is 14.1 Å². The molecule has 1 aromatic heterocycles. The summed E-state index contributed by atoms with van der Waals surface area (Å²) in [6, 6.07) is 2.69. The van der Waals surface area contributed by atoms with Crippen LogP contribution in [-0.2, 0) is 19.6 Å². The lowest BCUT2D eigenvalue weighted by molar-refractivity contribution is -0.151. The van der Waals surface area contributed by atoms with Gasteiger partial charge in [-0.2, -0.15) is 14.1 Å². The Morgan fingerprint density at radius 1 is 1.08 bits per heavy atom. The number of ether oxygens (including phenoxy) is 2. The minimum absolute atomic E-state index is 0.0251. The van der Waals surface area contributed by atoms with Crippen molar-refractivity contribution in [2.45, 2.75) is 46.1 Å². The van der Waals surface area contributed by atoms with E-state index in [9.17, 15) is 26.8 Å². The number of anilines is 1. The first-order chi connectivity index (χ1) is 17.7. The van der Waals surface area contributed by atoms with Gasteiger partial charge in [0.1, 0.15) is 22.9 Å². The molecule has 0 radical (unpaired) electrons. The van der Waals surface area contributed by atoms with Crippen molar-refractivity contribution in [1.29, 1.82) is 0 Å². The first-order valence-electron chi connectivity index (χ1n) is 12.3. The van der Waals surface area contributed by atoms with Crippen LogP contribution in [-0.4, -0.2) is 72.6 Å². The van der Waals surface area contributed by atoms with Crippen molar-refractivity contribution in [3.05, 3.63) is 46.4 Å². The molecule has 1 aliphatic heterocycles. The highest BCUT2D eigenvalue weighted by Crippen LogP contribution is 2.45. The number of sulfonamides is 1. The van der Waals surface area contributed by atoms with Gasteiger partial charge in [-0.3, -0.25) is 9.59 Å². The molecule has 1 saturated carbocycles. The Labute approximate surface area is 220 Å². The van der Waals surface area contributed by atoms with E-state index in [-0.39, 0.29) is 49.6 Å². The van der Waals surface area contributed by atoms with Crippen molar-refractivity contribution in [3.63, 3.8) is 0 Å². The Balaban J connectivity index is 1.55. The van der Waals surface area contributed by atoms with Crippen LogP contribution in [0.15, 0.2) is 29.2 Å². The van der Waals surface area contributed by atoms with E-state index in [1.807, 2.05) is 6.92 Å². The fourth-order valence-corrected chi connectivity index (χ4v) is 5.32. The molecule has 4 rings (SSSR count). The number of aromatic nitrogens is 2. The Kier molecular flexibility index (Phi) is 7.54. The van der Waals surface area contributed by atoms with E-state index in [2.05, 4.69) is 5.10 Å². The van der Waals surface area contributed by atoms with Crippen molar-refractivity contribution < 1.29 is 31.5 Å². The smallest absolute Gasteiger partial charge is 0.323 e. The molecule has 10 nitrogen and oxygen atoms in total. The zero-order valence-electron chi connectivity index (χ0n) is 21.9. The maximum atomic E-state index is 13.8. The maximum absolute atomic E-state index is 13.8. The van der Waals surface area contributed by atoms with Crippen molar-refractivity contribution in [2.24, 2.45) is 5.41 Å². The minimum atomic E-state index is -3.90. The van der Waals surface area contributed by atoms with Crippen LogP contribution in [0.2, 0.25) is 0 Å². The number of piperazine rings is 1. The fraction of sp³-hybridized carbons (Fsp3) is 0.560. The molecule has 0 atom stereocenters. The molecule has 0 bridgehead atoms. The van der Waals surface area contributed by atoms with E-state index < -0.39 is 44.5 Å². The van der Waals surface area contributed by atoms with Gasteiger partial charge in [0.05, 0.1) is 18.5 Å². The number of esters is 1. The molecule has 2 heterocycles. The number of halogens is 2. The number of hydrogen-bond donors (Lipinski definition) is 0. The predicted molar refractivity (Wildman–Crippen MR) is 136 cm³/mol. The minimum Gasteiger partial charge on any atom is -0.486 e. The van der Waals surface area contributed by atoms with E-state index in [4.69, 9.17) is 9.47 Å². The molecular weight excluding hydrogens is 522 g/mol. The van der Waals surface area contributed by atoms with Crippen LogP contribution >= 0.6 is 0 Å². The summed E-state index contributed by atoms with van der Waals surface area (Å²) in [6.45, 7) is 7.84. The number of hydrogen-bond acceptors (Lipinski definition) is 8. The first kappa shape index (κ1) is 28.0. The van der Waals surface area contributed by atoms with E-state index in [0.717, 1.165) is 29.7 Å². The van der Waals surface area contributed by atoms with Crippen LogP contribution in [0.25, 0.3) is 5.69 Å². The molecule has 2 aromatic rings. The molecule has 2 fully saturated rings. The first-order valence-corrected chi connectivity index (χ1v) is 13.9. The van der Waals surface area contributed by atoms with Gasteiger partial charge >= 0.3 is 11.5 Å². The van der Waals surface area contributed by atoms with Crippen LogP contribution in [0, 0.1) is 17.0 Å². The molecule has 0 N–H and O–H groups in total. The molecule has 1 aliphatic carbocycles. The zero-order valence-corrected chi connectivity index (χ0v) is 22.7. The van der Waals surface area contributed by atoms with Gasteiger partial charge < -0.3 is 14.4 Å². The molecular formula is C25H32F2N4O6S. The van der Waals surface area contributed by atoms with Gasteiger partial charge in [0.25, 0.3) is 0 Å². The third-order valence-corrected chi connectivity index (χ3v) is 8.12. The van der Waals surface area contributed by atoms with E-state index in [1.165, 1.54) is 10.5 Å². The van der Waals surface area contributed by atoms with E-state index in [0.29, 0.717) is 11.8 Å².